The van der Waals surface area contributed by atoms with Crippen LogP contribution in [0.5, 0.6) is 0 Å². The van der Waals surface area contributed by atoms with Crippen molar-refractivity contribution in [2.45, 2.75) is 51.9 Å². The third kappa shape index (κ3) is 4.48. The summed E-state index contributed by atoms with van der Waals surface area (Å²) in [5.74, 6) is 1.50. The number of aliphatic hydroxyl groups is 1. The summed E-state index contributed by atoms with van der Waals surface area (Å²) in [6.45, 7) is 6.65. The highest BCUT2D eigenvalue weighted by Crippen LogP contribution is 2.32. The van der Waals surface area contributed by atoms with Gasteiger partial charge < -0.3 is 19.5 Å². The topological polar surface area (TPSA) is 70.3 Å². The van der Waals surface area contributed by atoms with Gasteiger partial charge in [0.15, 0.2) is 17.0 Å². The molecule has 0 aliphatic carbocycles. The van der Waals surface area contributed by atoms with Crippen LogP contribution in [0.2, 0.25) is 0 Å². The first-order valence-electron chi connectivity index (χ1n) is 12.1. The average Bonchev–Trinajstić information content (AvgIpc) is 3.51. The van der Waals surface area contributed by atoms with Gasteiger partial charge >= 0.3 is 0 Å². The standard InChI is InChI=1S/C27H32N6O/c1-20(2)33-19-28-24-25(29-27(30-26(24)33)32-15-9-14-23(32)18-34)31(16-21-10-5-3-6-11-21)17-22-12-7-4-8-13-22/h3-8,10-13,19-20,23,34H,9,14-18H2,1-2H3/t23-/m1/s1. The van der Waals surface area contributed by atoms with Crippen LogP contribution < -0.4 is 9.80 Å². The maximum absolute atomic E-state index is 9.96. The van der Waals surface area contributed by atoms with Crippen LogP contribution in [0.3, 0.4) is 0 Å². The van der Waals surface area contributed by atoms with Crippen LogP contribution in [0.25, 0.3) is 11.2 Å². The fourth-order valence-corrected chi connectivity index (χ4v) is 4.72. The van der Waals surface area contributed by atoms with E-state index in [0.29, 0.717) is 19.0 Å². The van der Waals surface area contributed by atoms with Crippen LogP contribution in [0.4, 0.5) is 11.8 Å². The molecular formula is C27H32N6O. The summed E-state index contributed by atoms with van der Waals surface area (Å²) >= 11 is 0. The lowest BCUT2D eigenvalue weighted by molar-refractivity contribution is 0.265. The summed E-state index contributed by atoms with van der Waals surface area (Å²) in [6.07, 6.45) is 3.85. The van der Waals surface area contributed by atoms with E-state index in [1.807, 2.05) is 18.5 Å². The number of fused-ring (bicyclic) bond motifs is 1. The number of hydrogen-bond acceptors (Lipinski definition) is 6. The molecule has 4 aromatic rings. The number of nitrogens with zero attached hydrogens (tertiary/aromatic N) is 6. The van der Waals surface area contributed by atoms with Crippen molar-refractivity contribution < 1.29 is 5.11 Å². The van der Waals surface area contributed by atoms with E-state index < -0.39 is 0 Å². The molecule has 1 N–H and O–H groups in total. The zero-order valence-electron chi connectivity index (χ0n) is 19.9. The van der Waals surface area contributed by atoms with E-state index in [2.05, 4.69) is 76.7 Å². The average molecular weight is 457 g/mol. The minimum atomic E-state index is 0.0532. The van der Waals surface area contributed by atoms with E-state index >= 15 is 0 Å². The Bertz CT molecular complexity index is 1180. The first kappa shape index (κ1) is 22.3. The Kier molecular flexibility index (Phi) is 6.45. The lowest BCUT2D eigenvalue weighted by atomic mass is 10.1. The molecule has 2 aromatic carbocycles. The maximum Gasteiger partial charge on any atom is 0.229 e. The molecule has 5 rings (SSSR count). The second-order valence-electron chi connectivity index (χ2n) is 9.26. The van der Waals surface area contributed by atoms with Crippen molar-refractivity contribution in [2.75, 3.05) is 23.0 Å². The predicted octanol–water partition coefficient (Wildman–Crippen LogP) is 4.58. The summed E-state index contributed by atoms with van der Waals surface area (Å²) in [5.41, 5.74) is 4.07. The van der Waals surface area contributed by atoms with Crippen molar-refractivity contribution >= 4 is 22.9 Å². The number of anilines is 2. The smallest absolute Gasteiger partial charge is 0.229 e. The fourth-order valence-electron chi connectivity index (χ4n) is 4.72. The largest absolute Gasteiger partial charge is 0.394 e. The summed E-state index contributed by atoms with van der Waals surface area (Å²) in [4.78, 5) is 19.3. The van der Waals surface area contributed by atoms with Gasteiger partial charge in [0, 0.05) is 25.7 Å². The SMILES string of the molecule is CC(C)n1cnc2c(N(Cc3ccccc3)Cc3ccccc3)nc(N3CCC[C@@H]3CO)nc21. The Hall–Kier alpha value is -3.45. The monoisotopic (exact) mass is 456 g/mol. The van der Waals surface area contributed by atoms with Crippen molar-refractivity contribution in [1.29, 1.82) is 0 Å². The van der Waals surface area contributed by atoms with E-state index in [1.54, 1.807) is 0 Å². The molecule has 0 radical (unpaired) electrons. The van der Waals surface area contributed by atoms with Crippen molar-refractivity contribution in [3.63, 3.8) is 0 Å². The Morgan fingerprint density at radius 3 is 2.21 bits per heavy atom. The summed E-state index contributed by atoms with van der Waals surface area (Å²) < 4.78 is 2.11. The predicted molar refractivity (Wildman–Crippen MR) is 136 cm³/mol. The Morgan fingerprint density at radius 2 is 1.62 bits per heavy atom. The third-order valence-corrected chi connectivity index (χ3v) is 6.52. The highest BCUT2D eigenvalue weighted by molar-refractivity contribution is 5.85. The van der Waals surface area contributed by atoms with Gasteiger partial charge in [0.25, 0.3) is 0 Å². The summed E-state index contributed by atoms with van der Waals surface area (Å²) in [7, 11) is 0. The van der Waals surface area contributed by atoms with E-state index in [1.165, 1.54) is 11.1 Å². The molecule has 1 saturated heterocycles. The molecule has 1 atom stereocenters. The number of rotatable bonds is 8. The second kappa shape index (κ2) is 9.81. The third-order valence-electron chi connectivity index (χ3n) is 6.52. The number of benzene rings is 2. The van der Waals surface area contributed by atoms with Gasteiger partial charge in [-0.25, -0.2) is 4.98 Å². The minimum absolute atomic E-state index is 0.0532. The molecule has 0 amide bonds. The Morgan fingerprint density at radius 1 is 0.971 bits per heavy atom. The summed E-state index contributed by atoms with van der Waals surface area (Å²) in [6, 6.07) is 21.2. The molecule has 3 heterocycles. The van der Waals surface area contributed by atoms with Gasteiger partial charge in [0.05, 0.1) is 19.0 Å². The molecule has 0 saturated carbocycles. The highest BCUT2D eigenvalue weighted by Gasteiger charge is 2.29. The number of aliphatic hydroxyl groups excluding tert-OH is 1. The van der Waals surface area contributed by atoms with Crippen LogP contribution in [0.15, 0.2) is 67.0 Å². The Balaban J connectivity index is 1.65. The van der Waals surface area contributed by atoms with Crippen molar-refractivity contribution in [2.24, 2.45) is 0 Å². The van der Waals surface area contributed by atoms with Gasteiger partial charge in [-0.3, -0.25) is 0 Å². The van der Waals surface area contributed by atoms with Gasteiger partial charge in [-0.2, -0.15) is 9.97 Å². The Labute approximate surface area is 200 Å². The first-order valence-corrected chi connectivity index (χ1v) is 12.1. The van der Waals surface area contributed by atoms with Crippen LogP contribution in [-0.2, 0) is 13.1 Å². The molecule has 0 unspecified atom stereocenters. The molecular weight excluding hydrogens is 424 g/mol. The number of aromatic nitrogens is 4. The molecule has 1 aliphatic rings. The van der Waals surface area contributed by atoms with Gasteiger partial charge in [0.2, 0.25) is 5.95 Å². The van der Waals surface area contributed by atoms with Gasteiger partial charge in [-0.15, -0.1) is 0 Å². The van der Waals surface area contributed by atoms with E-state index in [4.69, 9.17) is 15.0 Å². The molecule has 2 aromatic heterocycles. The van der Waals surface area contributed by atoms with Gasteiger partial charge in [-0.05, 0) is 37.8 Å². The van der Waals surface area contributed by atoms with Crippen LogP contribution >= 0.6 is 0 Å². The number of imidazole rings is 1. The molecule has 1 aliphatic heterocycles. The van der Waals surface area contributed by atoms with E-state index in [0.717, 1.165) is 36.4 Å². The summed E-state index contributed by atoms with van der Waals surface area (Å²) in [5, 5.41) is 9.96. The molecule has 1 fully saturated rings. The van der Waals surface area contributed by atoms with Crippen LogP contribution in [0.1, 0.15) is 43.9 Å². The van der Waals surface area contributed by atoms with Gasteiger partial charge in [0.1, 0.15) is 0 Å². The van der Waals surface area contributed by atoms with E-state index in [9.17, 15) is 5.11 Å². The van der Waals surface area contributed by atoms with Crippen LogP contribution in [-0.4, -0.2) is 43.8 Å². The second-order valence-corrected chi connectivity index (χ2v) is 9.26. The van der Waals surface area contributed by atoms with Crippen molar-refractivity contribution in [3.8, 4) is 0 Å². The molecule has 7 nitrogen and oxygen atoms in total. The molecule has 0 spiro atoms. The first-order chi connectivity index (χ1) is 16.6. The lowest BCUT2D eigenvalue weighted by Crippen LogP contribution is -2.34. The zero-order valence-corrected chi connectivity index (χ0v) is 19.9. The normalized spacial score (nSPS) is 16.0. The van der Waals surface area contributed by atoms with Crippen molar-refractivity contribution in [3.05, 3.63) is 78.1 Å². The van der Waals surface area contributed by atoms with Gasteiger partial charge in [-0.1, -0.05) is 60.7 Å². The van der Waals surface area contributed by atoms with Crippen molar-refractivity contribution in [1.82, 2.24) is 19.5 Å². The molecule has 7 heteroatoms. The highest BCUT2D eigenvalue weighted by atomic mass is 16.3. The molecule has 0 bridgehead atoms. The molecule has 34 heavy (non-hydrogen) atoms. The lowest BCUT2D eigenvalue weighted by Gasteiger charge is -2.28. The fraction of sp³-hybridized carbons (Fsp3) is 0.370. The molecule has 176 valence electrons. The number of hydrogen-bond donors (Lipinski definition) is 1. The quantitative estimate of drug-likeness (QED) is 0.419. The van der Waals surface area contributed by atoms with Crippen LogP contribution in [0, 0.1) is 0 Å². The maximum atomic E-state index is 9.96. The van der Waals surface area contributed by atoms with E-state index in [-0.39, 0.29) is 18.7 Å². The zero-order chi connectivity index (χ0) is 23.5. The minimum Gasteiger partial charge on any atom is -0.394 e.